The van der Waals surface area contributed by atoms with Crippen LogP contribution in [0.25, 0.3) is 0 Å². The van der Waals surface area contributed by atoms with Crippen molar-refractivity contribution in [3.8, 4) is 0 Å². The second kappa shape index (κ2) is 7.74. The normalized spacial score (nSPS) is 16.7. The lowest BCUT2D eigenvalue weighted by molar-refractivity contribution is -0.121. The van der Waals surface area contributed by atoms with Crippen molar-refractivity contribution in [2.45, 2.75) is 30.4 Å². The van der Waals surface area contributed by atoms with Crippen LogP contribution in [0.5, 0.6) is 0 Å². The van der Waals surface area contributed by atoms with Crippen molar-refractivity contribution in [2.24, 2.45) is 0 Å². The Bertz CT molecular complexity index is 790. The zero-order chi connectivity index (χ0) is 17.8. The van der Waals surface area contributed by atoms with Crippen LogP contribution in [0.4, 0.5) is 5.69 Å². The minimum atomic E-state index is -0.470. The Kier molecular flexibility index (Phi) is 5.43. The molecule has 0 radical (unpaired) electrons. The number of thioether (sulfide) groups is 1. The average molecular weight is 355 g/mol. The van der Waals surface area contributed by atoms with Crippen molar-refractivity contribution in [3.05, 3.63) is 59.7 Å². The van der Waals surface area contributed by atoms with Gasteiger partial charge in [-0.05, 0) is 37.6 Å². The minimum Gasteiger partial charge on any atom is -0.452 e. The third kappa shape index (κ3) is 4.23. The van der Waals surface area contributed by atoms with Crippen molar-refractivity contribution >= 4 is 29.3 Å². The van der Waals surface area contributed by atoms with E-state index in [2.05, 4.69) is 6.92 Å². The summed E-state index contributed by atoms with van der Waals surface area (Å²) >= 11 is 1.78. The molecule has 0 bridgehead atoms. The molecule has 4 nitrogen and oxygen atoms in total. The summed E-state index contributed by atoms with van der Waals surface area (Å²) in [5.41, 5.74) is 2.34. The average Bonchev–Trinajstić information content (AvgIpc) is 2.77. The van der Waals surface area contributed by atoms with Gasteiger partial charge >= 0.3 is 5.97 Å². The van der Waals surface area contributed by atoms with Crippen LogP contribution in [0, 0.1) is 6.92 Å². The summed E-state index contributed by atoms with van der Waals surface area (Å²) in [5, 5.41) is 0.439. The number of benzene rings is 2. The number of carbonyl (C=O) groups is 2. The van der Waals surface area contributed by atoms with Gasteiger partial charge in [0.2, 0.25) is 0 Å². The van der Waals surface area contributed by atoms with E-state index in [0.717, 1.165) is 22.6 Å². The van der Waals surface area contributed by atoms with Crippen LogP contribution >= 0.6 is 11.8 Å². The van der Waals surface area contributed by atoms with E-state index in [1.807, 2.05) is 37.3 Å². The van der Waals surface area contributed by atoms with E-state index < -0.39 is 5.97 Å². The number of nitrogens with zero attached hydrogens (tertiary/aromatic N) is 1. The van der Waals surface area contributed by atoms with E-state index >= 15 is 0 Å². The Morgan fingerprint density at radius 1 is 1.20 bits per heavy atom. The molecule has 130 valence electrons. The number of rotatable bonds is 3. The third-order valence-electron chi connectivity index (χ3n) is 4.13. The second-order valence-electron chi connectivity index (χ2n) is 6.18. The van der Waals surface area contributed by atoms with Gasteiger partial charge in [0, 0.05) is 16.7 Å². The fourth-order valence-corrected chi connectivity index (χ4v) is 3.92. The lowest BCUT2D eigenvalue weighted by Gasteiger charge is -2.22. The highest BCUT2D eigenvalue weighted by molar-refractivity contribution is 8.00. The van der Waals surface area contributed by atoms with Crippen LogP contribution in [0.2, 0.25) is 0 Å². The first kappa shape index (κ1) is 17.5. The zero-order valence-electron chi connectivity index (χ0n) is 14.4. The number of fused-ring (bicyclic) bond motifs is 1. The topological polar surface area (TPSA) is 46.6 Å². The first-order chi connectivity index (χ1) is 12.0. The van der Waals surface area contributed by atoms with Crippen LogP contribution in [-0.2, 0) is 9.53 Å². The summed E-state index contributed by atoms with van der Waals surface area (Å²) < 4.78 is 5.24. The Morgan fingerprint density at radius 3 is 2.80 bits per heavy atom. The van der Waals surface area contributed by atoms with Gasteiger partial charge in [-0.25, -0.2) is 4.79 Å². The Balaban J connectivity index is 1.70. The van der Waals surface area contributed by atoms with E-state index in [1.165, 1.54) is 0 Å². The number of hydrogen-bond acceptors (Lipinski definition) is 4. The van der Waals surface area contributed by atoms with E-state index in [4.69, 9.17) is 4.74 Å². The van der Waals surface area contributed by atoms with E-state index in [9.17, 15) is 9.59 Å². The first-order valence-corrected chi connectivity index (χ1v) is 9.22. The predicted molar refractivity (Wildman–Crippen MR) is 100 cm³/mol. The minimum absolute atomic E-state index is 0.192. The fourth-order valence-electron chi connectivity index (χ4n) is 2.81. The molecule has 0 saturated carbocycles. The molecule has 2 aromatic carbocycles. The van der Waals surface area contributed by atoms with Gasteiger partial charge in [-0.15, -0.1) is 11.8 Å². The van der Waals surface area contributed by atoms with Gasteiger partial charge in [-0.1, -0.05) is 36.8 Å². The Hall–Kier alpha value is -2.27. The number of ether oxygens (including phenoxy) is 1. The molecule has 0 unspecified atom stereocenters. The quantitative estimate of drug-likeness (QED) is 0.779. The van der Waals surface area contributed by atoms with Gasteiger partial charge in [0.1, 0.15) is 0 Å². The number of amides is 1. The molecule has 1 amide bonds. The number of carbonyl (C=O) groups excluding carboxylic acids is 2. The van der Waals surface area contributed by atoms with E-state index in [1.54, 1.807) is 34.9 Å². The van der Waals surface area contributed by atoms with E-state index in [-0.39, 0.29) is 12.5 Å². The summed E-state index contributed by atoms with van der Waals surface area (Å²) in [6.45, 7) is 4.45. The molecule has 0 aliphatic carbocycles. The molecule has 0 N–H and O–H groups in total. The maximum Gasteiger partial charge on any atom is 0.338 e. The monoisotopic (exact) mass is 355 g/mol. The maximum absolute atomic E-state index is 12.7. The molecule has 1 aliphatic heterocycles. The lowest BCUT2D eigenvalue weighted by atomic mass is 10.1. The van der Waals surface area contributed by atoms with Crippen LogP contribution in [0.3, 0.4) is 0 Å². The van der Waals surface area contributed by atoms with Gasteiger partial charge in [-0.3, -0.25) is 4.79 Å². The molecule has 0 fully saturated rings. The summed E-state index contributed by atoms with van der Waals surface area (Å²) in [4.78, 5) is 27.6. The molecular weight excluding hydrogens is 334 g/mol. The molecule has 0 aromatic heterocycles. The molecule has 0 saturated heterocycles. The van der Waals surface area contributed by atoms with Gasteiger partial charge in [-0.2, -0.15) is 0 Å². The maximum atomic E-state index is 12.7. The standard InChI is InChI=1S/C20H21NO3S/c1-14-6-5-7-16(12-14)20(23)24-13-19(22)21-11-10-15(2)25-18-9-4-3-8-17(18)21/h3-9,12,15H,10-11,13H2,1-2H3/t15-/m0/s1. The number of aryl methyl sites for hydroxylation is 1. The summed E-state index contributed by atoms with van der Waals surface area (Å²) in [5.74, 6) is -0.661. The molecule has 2 aromatic rings. The third-order valence-corrected chi connectivity index (χ3v) is 5.36. The zero-order valence-corrected chi connectivity index (χ0v) is 15.2. The number of esters is 1. The van der Waals surface area contributed by atoms with Crippen LogP contribution in [-0.4, -0.2) is 30.3 Å². The van der Waals surface area contributed by atoms with Gasteiger partial charge in [0.15, 0.2) is 6.61 Å². The Labute approximate surface area is 152 Å². The molecular formula is C20H21NO3S. The van der Waals surface area contributed by atoms with Crippen molar-refractivity contribution in [1.82, 2.24) is 0 Å². The highest BCUT2D eigenvalue weighted by atomic mass is 32.2. The second-order valence-corrected chi connectivity index (χ2v) is 7.66. The largest absolute Gasteiger partial charge is 0.452 e. The summed E-state index contributed by atoms with van der Waals surface area (Å²) in [7, 11) is 0. The smallest absolute Gasteiger partial charge is 0.338 e. The predicted octanol–water partition coefficient (Wildman–Crippen LogP) is 4.07. The van der Waals surface area contributed by atoms with Gasteiger partial charge in [0.25, 0.3) is 5.91 Å². The number of hydrogen-bond donors (Lipinski definition) is 0. The van der Waals surface area contributed by atoms with Crippen LogP contribution in [0.1, 0.15) is 29.3 Å². The fraction of sp³-hybridized carbons (Fsp3) is 0.300. The highest BCUT2D eigenvalue weighted by Gasteiger charge is 2.24. The van der Waals surface area contributed by atoms with Crippen LogP contribution < -0.4 is 4.90 Å². The molecule has 0 spiro atoms. The summed E-state index contributed by atoms with van der Waals surface area (Å²) in [6.07, 6.45) is 0.900. The lowest BCUT2D eigenvalue weighted by Crippen LogP contribution is -2.35. The Morgan fingerprint density at radius 2 is 2.00 bits per heavy atom. The molecule has 1 aliphatic rings. The molecule has 5 heteroatoms. The first-order valence-electron chi connectivity index (χ1n) is 8.34. The molecule has 1 atom stereocenters. The number of para-hydroxylation sites is 1. The van der Waals surface area contributed by atoms with Crippen molar-refractivity contribution in [1.29, 1.82) is 0 Å². The van der Waals surface area contributed by atoms with Gasteiger partial charge < -0.3 is 9.64 Å². The molecule has 1 heterocycles. The van der Waals surface area contributed by atoms with Crippen molar-refractivity contribution in [3.63, 3.8) is 0 Å². The van der Waals surface area contributed by atoms with Crippen LogP contribution in [0.15, 0.2) is 53.4 Å². The highest BCUT2D eigenvalue weighted by Crippen LogP contribution is 2.37. The molecule has 3 rings (SSSR count). The van der Waals surface area contributed by atoms with Crippen molar-refractivity contribution in [2.75, 3.05) is 18.1 Å². The number of anilines is 1. The van der Waals surface area contributed by atoms with Crippen molar-refractivity contribution < 1.29 is 14.3 Å². The van der Waals surface area contributed by atoms with E-state index in [0.29, 0.717) is 17.4 Å². The summed E-state index contributed by atoms with van der Waals surface area (Å²) in [6, 6.07) is 15.0. The van der Waals surface area contributed by atoms with Gasteiger partial charge in [0.05, 0.1) is 11.3 Å². The molecule has 25 heavy (non-hydrogen) atoms. The SMILES string of the molecule is Cc1cccc(C(=O)OCC(=O)N2CC[C@H](C)Sc3ccccc32)c1.